The van der Waals surface area contributed by atoms with E-state index in [0.717, 1.165) is 31.7 Å². The normalized spacial score (nSPS) is 26.8. The minimum atomic E-state index is -3.66. The van der Waals surface area contributed by atoms with E-state index in [-0.39, 0.29) is 17.5 Å². The maximum atomic E-state index is 13.5. The quantitative estimate of drug-likeness (QED) is 0.931. The van der Waals surface area contributed by atoms with Crippen molar-refractivity contribution in [2.75, 3.05) is 6.54 Å². The zero-order chi connectivity index (χ0) is 15.0. The molecule has 116 valence electrons. The fraction of sp³-hybridized carbons (Fsp3) is 0.600. The van der Waals surface area contributed by atoms with Crippen LogP contribution in [-0.2, 0) is 16.6 Å². The summed E-state index contributed by atoms with van der Waals surface area (Å²) in [6.45, 7) is 0.634. The van der Waals surface area contributed by atoms with E-state index >= 15 is 0 Å². The van der Waals surface area contributed by atoms with Crippen molar-refractivity contribution in [2.45, 2.75) is 49.6 Å². The fourth-order valence-corrected chi connectivity index (χ4v) is 5.70. The SMILES string of the molecule is NCc1ccc(F)cc1S(=O)(=O)N1CCC2CCCCC21. The van der Waals surface area contributed by atoms with E-state index in [4.69, 9.17) is 5.73 Å². The number of fused-ring (bicyclic) bond motifs is 1. The van der Waals surface area contributed by atoms with Crippen LogP contribution in [0.1, 0.15) is 37.7 Å². The number of hydrogen-bond acceptors (Lipinski definition) is 3. The van der Waals surface area contributed by atoms with E-state index < -0.39 is 15.8 Å². The van der Waals surface area contributed by atoms with Crippen LogP contribution in [0.2, 0.25) is 0 Å². The van der Waals surface area contributed by atoms with E-state index in [9.17, 15) is 12.8 Å². The second-order valence-electron chi connectivity index (χ2n) is 5.97. The molecule has 1 aliphatic carbocycles. The molecule has 21 heavy (non-hydrogen) atoms. The first-order valence-corrected chi connectivity index (χ1v) is 8.98. The Morgan fingerprint density at radius 2 is 2.00 bits per heavy atom. The van der Waals surface area contributed by atoms with Crippen molar-refractivity contribution >= 4 is 10.0 Å². The molecule has 3 rings (SSSR count). The number of nitrogens with two attached hydrogens (primary N) is 1. The van der Waals surface area contributed by atoms with Gasteiger partial charge in [0, 0.05) is 19.1 Å². The molecular weight excluding hydrogens is 291 g/mol. The lowest BCUT2D eigenvalue weighted by Gasteiger charge is -2.31. The van der Waals surface area contributed by atoms with Gasteiger partial charge >= 0.3 is 0 Å². The Morgan fingerprint density at radius 3 is 2.76 bits per heavy atom. The van der Waals surface area contributed by atoms with Gasteiger partial charge in [-0.1, -0.05) is 18.9 Å². The molecule has 0 bridgehead atoms. The molecule has 1 saturated carbocycles. The Bertz CT molecular complexity index is 633. The smallest absolute Gasteiger partial charge is 0.243 e. The van der Waals surface area contributed by atoms with E-state index in [0.29, 0.717) is 18.0 Å². The van der Waals surface area contributed by atoms with Crippen molar-refractivity contribution in [1.29, 1.82) is 0 Å². The second-order valence-corrected chi connectivity index (χ2v) is 7.83. The number of rotatable bonds is 3. The molecule has 4 nitrogen and oxygen atoms in total. The molecule has 6 heteroatoms. The van der Waals surface area contributed by atoms with Crippen LogP contribution >= 0.6 is 0 Å². The van der Waals surface area contributed by atoms with Gasteiger partial charge in [-0.05, 0) is 42.9 Å². The van der Waals surface area contributed by atoms with Crippen LogP contribution in [-0.4, -0.2) is 25.3 Å². The Labute approximate surface area is 125 Å². The molecule has 0 amide bonds. The predicted molar refractivity (Wildman–Crippen MR) is 78.5 cm³/mol. The Morgan fingerprint density at radius 1 is 1.24 bits per heavy atom. The van der Waals surface area contributed by atoms with Gasteiger partial charge in [-0.3, -0.25) is 0 Å². The molecule has 0 aromatic heterocycles. The topological polar surface area (TPSA) is 63.4 Å². The summed E-state index contributed by atoms with van der Waals surface area (Å²) in [4.78, 5) is 0.0382. The number of sulfonamides is 1. The van der Waals surface area contributed by atoms with Crippen molar-refractivity contribution < 1.29 is 12.8 Å². The first-order valence-electron chi connectivity index (χ1n) is 7.54. The number of benzene rings is 1. The third-order valence-corrected chi connectivity index (χ3v) is 6.80. The Balaban J connectivity index is 1.99. The second kappa shape index (κ2) is 5.66. The van der Waals surface area contributed by atoms with Gasteiger partial charge in [0.15, 0.2) is 0 Å². The average Bonchev–Trinajstić information content (AvgIpc) is 2.92. The number of halogens is 1. The van der Waals surface area contributed by atoms with Crippen LogP contribution in [0.3, 0.4) is 0 Å². The van der Waals surface area contributed by atoms with Crippen LogP contribution in [0.15, 0.2) is 23.1 Å². The summed E-state index contributed by atoms with van der Waals surface area (Å²) in [6.07, 6.45) is 5.18. The van der Waals surface area contributed by atoms with Crippen LogP contribution in [0.25, 0.3) is 0 Å². The summed E-state index contributed by atoms with van der Waals surface area (Å²) in [7, 11) is -3.66. The first-order chi connectivity index (χ1) is 10.0. The van der Waals surface area contributed by atoms with E-state index in [2.05, 4.69) is 0 Å². The standard InChI is InChI=1S/C15H21FN2O2S/c16-13-6-5-12(10-17)15(9-13)21(19,20)18-8-7-11-3-1-2-4-14(11)18/h5-6,9,11,14H,1-4,7-8,10,17H2. The highest BCUT2D eigenvalue weighted by atomic mass is 32.2. The lowest BCUT2D eigenvalue weighted by molar-refractivity contribution is 0.260. The molecule has 2 unspecified atom stereocenters. The Kier molecular flexibility index (Phi) is 4.03. The average molecular weight is 312 g/mol. The molecule has 1 aliphatic heterocycles. The minimum absolute atomic E-state index is 0.0382. The summed E-state index contributed by atoms with van der Waals surface area (Å²) < 4.78 is 40.9. The molecule has 1 saturated heterocycles. The zero-order valence-corrected chi connectivity index (χ0v) is 12.8. The van der Waals surface area contributed by atoms with E-state index in [1.54, 1.807) is 4.31 Å². The number of hydrogen-bond donors (Lipinski definition) is 1. The van der Waals surface area contributed by atoms with Gasteiger partial charge in [0.1, 0.15) is 5.82 Å². The summed E-state index contributed by atoms with van der Waals surface area (Å²) in [5.74, 6) is -0.0754. The summed E-state index contributed by atoms with van der Waals surface area (Å²) in [5, 5.41) is 0. The van der Waals surface area contributed by atoms with Gasteiger partial charge in [0.05, 0.1) is 4.90 Å². The number of nitrogens with zero attached hydrogens (tertiary/aromatic N) is 1. The van der Waals surface area contributed by atoms with Crippen LogP contribution < -0.4 is 5.73 Å². The van der Waals surface area contributed by atoms with Crippen molar-refractivity contribution in [3.63, 3.8) is 0 Å². The fourth-order valence-electron chi connectivity index (χ4n) is 3.72. The molecule has 2 fully saturated rings. The molecule has 0 radical (unpaired) electrons. The van der Waals surface area contributed by atoms with Crippen molar-refractivity contribution in [3.8, 4) is 0 Å². The zero-order valence-electron chi connectivity index (χ0n) is 12.0. The first kappa shape index (κ1) is 14.9. The van der Waals surface area contributed by atoms with Crippen LogP contribution in [0, 0.1) is 11.7 Å². The van der Waals surface area contributed by atoms with Crippen molar-refractivity contribution in [3.05, 3.63) is 29.6 Å². The van der Waals surface area contributed by atoms with Gasteiger partial charge in [0.25, 0.3) is 0 Å². The van der Waals surface area contributed by atoms with Gasteiger partial charge in [0.2, 0.25) is 10.0 Å². The largest absolute Gasteiger partial charge is 0.326 e. The predicted octanol–water partition coefficient (Wildman–Crippen LogP) is 2.24. The summed E-state index contributed by atoms with van der Waals surface area (Å²) >= 11 is 0. The third-order valence-electron chi connectivity index (χ3n) is 4.79. The van der Waals surface area contributed by atoms with Crippen LogP contribution in [0.5, 0.6) is 0 Å². The lowest BCUT2D eigenvalue weighted by Crippen LogP contribution is -2.39. The molecule has 1 aromatic carbocycles. The molecule has 1 aromatic rings. The monoisotopic (exact) mass is 312 g/mol. The van der Waals surface area contributed by atoms with E-state index in [1.807, 2.05) is 0 Å². The molecule has 2 aliphatic rings. The molecule has 2 N–H and O–H groups in total. The third kappa shape index (κ3) is 2.60. The van der Waals surface area contributed by atoms with Crippen molar-refractivity contribution in [2.24, 2.45) is 11.7 Å². The maximum absolute atomic E-state index is 13.5. The Hall–Kier alpha value is -0.980. The van der Waals surface area contributed by atoms with Gasteiger partial charge in [-0.25, -0.2) is 12.8 Å². The van der Waals surface area contributed by atoms with E-state index in [1.165, 1.54) is 18.6 Å². The maximum Gasteiger partial charge on any atom is 0.243 e. The van der Waals surface area contributed by atoms with Crippen LogP contribution in [0.4, 0.5) is 4.39 Å². The summed E-state index contributed by atoms with van der Waals surface area (Å²) in [5.41, 5.74) is 6.10. The highest BCUT2D eigenvalue weighted by Gasteiger charge is 2.42. The lowest BCUT2D eigenvalue weighted by atomic mass is 9.86. The van der Waals surface area contributed by atoms with Gasteiger partial charge in [-0.2, -0.15) is 4.31 Å². The highest BCUT2D eigenvalue weighted by molar-refractivity contribution is 7.89. The summed E-state index contributed by atoms with van der Waals surface area (Å²) in [6, 6.07) is 3.91. The molecule has 2 atom stereocenters. The van der Waals surface area contributed by atoms with Crippen molar-refractivity contribution in [1.82, 2.24) is 4.31 Å². The minimum Gasteiger partial charge on any atom is -0.326 e. The molecular formula is C15H21FN2O2S. The molecule has 1 heterocycles. The van der Waals surface area contributed by atoms with Gasteiger partial charge in [-0.15, -0.1) is 0 Å². The highest BCUT2D eigenvalue weighted by Crippen LogP contribution is 2.39. The van der Waals surface area contributed by atoms with Gasteiger partial charge < -0.3 is 5.73 Å². The molecule has 0 spiro atoms.